The first-order chi connectivity index (χ1) is 11.9. The van der Waals surface area contributed by atoms with Crippen LogP contribution in [-0.2, 0) is 0 Å². The smallest absolute Gasteiger partial charge is 0.253 e. The Bertz CT molecular complexity index is 823. The molecule has 2 aromatic rings. The van der Waals surface area contributed by atoms with Crippen molar-refractivity contribution < 1.29 is 9.90 Å². The number of hydrogen-bond donors (Lipinski definition) is 2. The van der Waals surface area contributed by atoms with Crippen molar-refractivity contribution in [3.63, 3.8) is 0 Å². The van der Waals surface area contributed by atoms with Gasteiger partial charge in [-0.15, -0.1) is 0 Å². The van der Waals surface area contributed by atoms with Crippen LogP contribution in [0, 0.1) is 0 Å². The number of nitrogens with zero attached hydrogens (tertiary/aromatic N) is 2. The lowest BCUT2D eigenvalue weighted by Gasteiger charge is -2.33. The minimum Gasteiger partial charge on any atom is -0.390 e. The molecule has 1 amide bonds. The zero-order chi connectivity index (χ0) is 17.6. The van der Waals surface area contributed by atoms with E-state index in [1.807, 2.05) is 13.0 Å². The van der Waals surface area contributed by atoms with Crippen molar-refractivity contribution in [1.82, 2.24) is 15.3 Å². The van der Waals surface area contributed by atoms with Gasteiger partial charge in [-0.05, 0) is 57.6 Å². The Hall–Kier alpha value is -1.72. The second kappa shape index (κ2) is 6.22. The van der Waals surface area contributed by atoms with Crippen LogP contribution in [0.2, 0.25) is 5.02 Å². The molecule has 4 rings (SSSR count). The Morgan fingerprint density at radius 2 is 2.00 bits per heavy atom. The van der Waals surface area contributed by atoms with E-state index in [4.69, 9.17) is 11.6 Å². The molecule has 5 nitrogen and oxygen atoms in total. The third-order valence-electron chi connectivity index (χ3n) is 5.27. The minimum atomic E-state index is -0.604. The molecule has 0 spiro atoms. The summed E-state index contributed by atoms with van der Waals surface area (Å²) >= 11 is 6.34. The topological polar surface area (TPSA) is 75.1 Å². The average molecular weight is 360 g/mol. The number of halogens is 1. The van der Waals surface area contributed by atoms with E-state index in [1.54, 1.807) is 12.3 Å². The zero-order valence-electron chi connectivity index (χ0n) is 14.3. The van der Waals surface area contributed by atoms with Gasteiger partial charge in [0.15, 0.2) is 5.65 Å². The predicted molar refractivity (Wildman–Crippen MR) is 96.9 cm³/mol. The lowest BCUT2D eigenvalue weighted by molar-refractivity contribution is 0.0140. The number of pyridine rings is 2. The van der Waals surface area contributed by atoms with Crippen molar-refractivity contribution in [3.8, 4) is 0 Å². The van der Waals surface area contributed by atoms with E-state index in [0.29, 0.717) is 35.0 Å². The van der Waals surface area contributed by atoms with E-state index in [9.17, 15) is 9.90 Å². The fourth-order valence-corrected chi connectivity index (χ4v) is 3.79. The molecule has 2 aromatic heterocycles. The Balaban J connectivity index is 1.51. The molecular formula is C19H22ClN3O2. The van der Waals surface area contributed by atoms with E-state index in [0.717, 1.165) is 36.8 Å². The van der Waals surface area contributed by atoms with Crippen LogP contribution in [0.3, 0.4) is 0 Å². The number of amides is 1. The van der Waals surface area contributed by atoms with Crippen LogP contribution in [0.25, 0.3) is 11.0 Å². The second-order valence-corrected chi connectivity index (χ2v) is 8.05. The molecule has 0 radical (unpaired) electrons. The maximum atomic E-state index is 12.5. The molecule has 2 N–H and O–H groups in total. The van der Waals surface area contributed by atoms with Crippen LogP contribution in [0.4, 0.5) is 0 Å². The van der Waals surface area contributed by atoms with Crippen LogP contribution in [0.15, 0.2) is 18.3 Å². The number of carbonyl (C=O) groups is 1. The van der Waals surface area contributed by atoms with E-state index in [2.05, 4.69) is 15.3 Å². The SMILES string of the molecule is CC1(O)CCC(NC(=O)c2cnc3nc(C4CC4)c(Cl)cc3c2)CC1. The highest BCUT2D eigenvalue weighted by atomic mass is 35.5. The molecule has 0 bridgehead atoms. The second-order valence-electron chi connectivity index (χ2n) is 7.65. The van der Waals surface area contributed by atoms with Crippen molar-refractivity contribution in [2.24, 2.45) is 0 Å². The molecule has 0 aromatic carbocycles. The summed E-state index contributed by atoms with van der Waals surface area (Å²) in [7, 11) is 0. The quantitative estimate of drug-likeness (QED) is 0.878. The van der Waals surface area contributed by atoms with Crippen LogP contribution in [0.1, 0.15) is 67.4 Å². The number of hydrogen-bond acceptors (Lipinski definition) is 4. The van der Waals surface area contributed by atoms with Crippen LogP contribution in [0.5, 0.6) is 0 Å². The van der Waals surface area contributed by atoms with Gasteiger partial charge in [0.2, 0.25) is 0 Å². The lowest BCUT2D eigenvalue weighted by atomic mass is 9.83. The predicted octanol–water partition coefficient (Wildman–Crippen LogP) is 3.58. The van der Waals surface area contributed by atoms with Crippen molar-refractivity contribution in [1.29, 1.82) is 0 Å². The summed E-state index contributed by atoms with van der Waals surface area (Å²) in [6.07, 6.45) is 6.83. The summed E-state index contributed by atoms with van der Waals surface area (Å²) in [5, 5.41) is 14.5. The highest BCUT2D eigenvalue weighted by Crippen LogP contribution is 2.42. The van der Waals surface area contributed by atoms with Gasteiger partial charge in [-0.3, -0.25) is 4.79 Å². The van der Waals surface area contributed by atoms with Gasteiger partial charge in [0.1, 0.15) is 0 Å². The van der Waals surface area contributed by atoms with Crippen molar-refractivity contribution in [2.75, 3.05) is 0 Å². The fourth-order valence-electron chi connectivity index (χ4n) is 3.47. The van der Waals surface area contributed by atoms with Crippen molar-refractivity contribution in [3.05, 3.63) is 34.6 Å². The van der Waals surface area contributed by atoms with Gasteiger partial charge in [-0.2, -0.15) is 0 Å². The monoisotopic (exact) mass is 359 g/mol. The fraction of sp³-hybridized carbons (Fsp3) is 0.526. The third kappa shape index (κ3) is 3.62. The van der Waals surface area contributed by atoms with Crippen LogP contribution < -0.4 is 5.32 Å². The standard InChI is InChI=1S/C19H22ClN3O2/c1-19(25)6-4-14(5-7-19)22-18(24)13-8-12-9-15(20)16(11-2-3-11)23-17(12)21-10-13/h8-11,14,25H,2-7H2,1H3,(H,22,24). The van der Waals surface area contributed by atoms with E-state index in [-0.39, 0.29) is 11.9 Å². The normalized spacial score (nSPS) is 26.6. The zero-order valence-corrected chi connectivity index (χ0v) is 15.0. The Labute approximate surface area is 151 Å². The van der Waals surface area contributed by atoms with Gasteiger partial charge in [0, 0.05) is 23.5 Å². The summed E-state index contributed by atoms with van der Waals surface area (Å²) in [5.41, 5.74) is 1.47. The summed E-state index contributed by atoms with van der Waals surface area (Å²) in [6, 6.07) is 3.76. The first-order valence-electron chi connectivity index (χ1n) is 8.91. The maximum Gasteiger partial charge on any atom is 0.253 e. The van der Waals surface area contributed by atoms with E-state index >= 15 is 0 Å². The molecule has 2 heterocycles. The number of rotatable bonds is 3. The molecule has 0 saturated heterocycles. The van der Waals surface area contributed by atoms with Gasteiger partial charge in [-0.25, -0.2) is 9.97 Å². The van der Waals surface area contributed by atoms with E-state index in [1.165, 1.54) is 0 Å². The minimum absolute atomic E-state index is 0.0994. The molecule has 25 heavy (non-hydrogen) atoms. The molecule has 0 atom stereocenters. The molecule has 2 fully saturated rings. The largest absolute Gasteiger partial charge is 0.390 e. The Morgan fingerprint density at radius 1 is 1.28 bits per heavy atom. The summed E-state index contributed by atoms with van der Waals surface area (Å²) in [6.45, 7) is 1.85. The van der Waals surface area contributed by atoms with Gasteiger partial charge in [-0.1, -0.05) is 11.6 Å². The maximum absolute atomic E-state index is 12.5. The Morgan fingerprint density at radius 3 is 2.68 bits per heavy atom. The average Bonchev–Trinajstić information content (AvgIpc) is 3.40. The summed E-state index contributed by atoms with van der Waals surface area (Å²) < 4.78 is 0. The molecule has 0 unspecified atom stereocenters. The van der Waals surface area contributed by atoms with Crippen molar-refractivity contribution in [2.45, 2.75) is 63.0 Å². The first-order valence-corrected chi connectivity index (χ1v) is 9.28. The molecule has 2 saturated carbocycles. The molecule has 132 valence electrons. The molecule has 2 aliphatic carbocycles. The highest BCUT2D eigenvalue weighted by Gasteiger charge is 2.30. The number of fused-ring (bicyclic) bond motifs is 1. The highest BCUT2D eigenvalue weighted by molar-refractivity contribution is 6.32. The molecular weight excluding hydrogens is 338 g/mol. The molecule has 0 aliphatic heterocycles. The third-order valence-corrected chi connectivity index (χ3v) is 5.58. The van der Waals surface area contributed by atoms with Gasteiger partial charge in [0.25, 0.3) is 5.91 Å². The van der Waals surface area contributed by atoms with Gasteiger partial charge in [0.05, 0.1) is 21.9 Å². The summed E-state index contributed by atoms with van der Waals surface area (Å²) in [4.78, 5) is 21.4. The number of carbonyl (C=O) groups excluding carboxylic acids is 1. The Kier molecular flexibility index (Phi) is 4.16. The van der Waals surface area contributed by atoms with E-state index < -0.39 is 5.60 Å². The number of aromatic nitrogens is 2. The van der Waals surface area contributed by atoms with Crippen LogP contribution >= 0.6 is 11.6 Å². The number of nitrogens with one attached hydrogen (secondary N) is 1. The van der Waals surface area contributed by atoms with Gasteiger partial charge >= 0.3 is 0 Å². The van der Waals surface area contributed by atoms with Crippen LogP contribution in [-0.4, -0.2) is 32.6 Å². The number of aliphatic hydroxyl groups is 1. The first kappa shape index (κ1) is 16.7. The van der Waals surface area contributed by atoms with Crippen molar-refractivity contribution >= 4 is 28.5 Å². The summed E-state index contributed by atoms with van der Waals surface area (Å²) in [5.74, 6) is 0.327. The van der Waals surface area contributed by atoms with Gasteiger partial charge < -0.3 is 10.4 Å². The molecule has 2 aliphatic rings. The lowest BCUT2D eigenvalue weighted by Crippen LogP contribution is -2.42. The molecule has 6 heteroatoms.